The Morgan fingerprint density at radius 3 is 2.68 bits per heavy atom. The molecule has 1 aromatic rings. The third kappa shape index (κ3) is 4.38. The lowest BCUT2D eigenvalue weighted by Gasteiger charge is -2.21. The Hall–Kier alpha value is -2.24. The number of hydrogen-bond donors (Lipinski definition) is 1. The third-order valence-electron chi connectivity index (χ3n) is 3.31. The zero-order valence-corrected chi connectivity index (χ0v) is 13.2. The molecule has 22 heavy (non-hydrogen) atoms. The van der Waals surface area contributed by atoms with E-state index in [0.29, 0.717) is 25.3 Å². The molecule has 0 aliphatic carbocycles. The molecule has 1 N–H and O–H groups in total. The Morgan fingerprint density at radius 1 is 1.27 bits per heavy atom. The molecule has 120 valence electrons. The minimum absolute atomic E-state index is 0.0491. The molecule has 2 rings (SSSR count). The van der Waals surface area contributed by atoms with Gasteiger partial charge in [-0.05, 0) is 31.5 Å². The fourth-order valence-electron chi connectivity index (χ4n) is 2.24. The summed E-state index contributed by atoms with van der Waals surface area (Å²) in [6, 6.07) is 5.71. The van der Waals surface area contributed by atoms with Crippen molar-refractivity contribution in [3.63, 3.8) is 0 Å². The van der Waals surface area contributed by atoms with Crippen molar-refractivity contribution in [3.05, 3.63) is 23.8 Å². The first-order valence-corrected chi connectivity index (χ1v) is 7.39. The van der Waals surface area contributed by atoms with Gasteiger partial charge >= 0.3 is 0 Å². The average Bonchev–Trinajstić information content (AvgIpc) is 2.89. The van der Waals surface area contributed by atoms with Gasteiger partial charge in [0.05, 0.1) is 0 Å². The number of ether oxygens (including phenoxy) is 2. The van der Waals surface area contributed by atoms with Gasteiger partial charge in [-0.15, -0.1) is 0 Å². The van der Waals surface area contributed by atoms with Gasteiger partial charge in [0.1, 0.15) is 0 Å². The van der Waals surface area contributed by atoms with E-state index in [9.17, 15) is 9.59 Å². The van der Waals surface area contributed by atoms with Crippen molar-refractivity contribution in [3.8, 4) is 11.5 Å². The second kappa shape index (κ2) is 7.15. The lowest BCUT2D eigenvalue weighted by molar-refractivity contribution is -0.130. The standard InChI is InChI=1S/C16H22N2O4/c1-11(2)17-16(20)6-7-18(12(3)19)9-13-4-5-14-15(8-13)22-10-21-14/h4-5,8,11H,6-7,9-10H2,1-3H3,(H,17,20). The van der Waals surface area contributed by atoms with E-state index in [1.165, 1.54) is 6.92 Å². The van der Waals surface area contributed by atoms with E-state index in [2.05, 4.69) is 5.32 Å². The molecule has 1 aliphatic heterocycles. The van der Waals surface area contributed by atoms with Crippen LogP contribution in [0.25, 0.3) is 0 Å². The van der Waals surface area contributed by atoms with E-state index in [1.54, 1.807) is 4.90 Å². The number of carbonyl (C=O) groups excluding carboxylic acids is 2. The van der Waals surface area contributed by atoms with Gasteiger partial charge < -0.3 is 19.7 Å². The highest BCUT2D eigenvalue weighted by atomic mass is 16.7. The predicted octanol–water partition coefficient (Wildman–Crippen LogP) is 1.68. The number of hydrogen-bond acceptors (Lipinski definition) is 4. The Balaban J connectivity index is 1.94. The molecule has 1 aromatic carbocycles. The lowest BCUT2D eigenvalue weighted by atomic mass is 10.2. The molecule has 0 spiro atoms. The molecule has 0 radical (unpaired) electrons. The Kier molecular flexibility index (Phi) is 5.25. The van der Waals surface area contributed by atoms with E-state index < -0.39 is 0 Å². The highest BCUT2D eigenvalue weighted by Gasteiger charge is 2.16. The Morgan fingerprint density at radius 2 is 2.00 bits per heavy atom. The third-order valence-corrected chi connectivity index (χ3v) is 3.31. The largest absolute Gasteiger partial charge is 0.454 e. The number of nitrogens with one attached hydrogen (secondary N) is 1. The predicted molar refractivity (Wildman–Crippen MR) is 81.6 cm³/mol. The fourth-order valence-corrected chi connectivity index (χ4v) is 2.24. The van der Waals surface area contributed by atoms with Gasteiger partial charge in [0.15, 0.2) is 11.5 Å². The summed E-state index contributed by atoms with van der Waals surface area (Å²) < 4.78 is 10.6. The van der Waals surface area contributed by atoms with Gasteiger partial charge in [0.25, 0.3) is 0 Å². The van der Waals surface area contributed by atoms with Crippen LogP contribution in [0.3, 0.4) is 0 Å². The maximum absolute atomic E-state index is 11.8. The summed E-state index contributed by atoms with van der Waals surface area (Å²) in [5, 5.41) is 2.82. The second-order valence-corrected chi connectivity index (χ2v) is 5.60. The zero-order chi connectivity index (χ0) is 16.1. The van der Waals surface area contributed by atoms with Crippen molar-refractivity contribution in [1.29, 1.82) is 0 Å². The van der Waals surface area contributed by atoms with Crippen molar-refractivity contribution in [2.45, 2.75) is 39.8 Å². The molecule has 1 heterocycles. The van der Waals surface area contributed by atoms with Crippen LogP contribution in [0.5, 0.6) is 11.5 Å². The van der Waals surface area contributed by atoms with Crippen molar-refractivity contribution in [2.75, 3.05) is 13.3 Å². The van der Waals surface area contributed by atoms with E-state index >= 15 is 0 Å². The summed E-state index contributed by atoms with van der Waals surface area (Å²) in [7, 11) is 0. The lowest BCUT2D eigenvalue weighted by Crippen LogP contribution is -2.35. The summed E-state index contributed by atoms with van der Waals surface area (Å²) in [4.78, 5) is 25.1. The monoisotopic (exact) mass is 306 g/mol. The van der Waals surface area contributed by atoms with Gasteiger partial charge in [-0.1, -0.05) is 6.07 Å². The van der Waals surface area contributed by atoms with Crippen LogP contribution in [-0.2, 0) is 16.1 Å². The summed E-state index contributed by atoms with van der Waals surface area (Å²) in [6.45, 7) is 6.39. The fraction of sp³-hybridized carbons (Fsp3) is 0.500. The molecule has 0 saturated heterocycles. The van der Waals surface area contributed by atoms with Gasteiger partial charge in [0, 0.05) is 32.5 Å². The first-order chi connectivity index (χ1) is 10.5. The van der Waals surface area contributed by atoms with Crippen LogP contribution in [0.1, 0.15) is 32.8 Å². The highest BCUT2D eigenvalue weighted by Crippen LogP contribution is 2.32. The number of amides is 2. The summed E-state index contributed by atoms with van der Waals surface area (Å²) in [5.41, 5.74) is 0.948. The van der Waals surface area contributed by atoms with Crippen LogP contribution in [0.2, 0.25) is 0 Å². The molecule has 6 nitrogen and oxygen atoms in total. The van der Waals surface area contributed by atoms with E-state index in [0.717, 1.165) is 11.3 Å². The molecule has 0 saturated carbocycles. The molecule has 0 atom stereocenters. The van der Waals surface area contributed by atoms with Gasteiger partial charge in [-0.25, -0.2) is 0 Å². The molecule has 6 heteroatoms. The van der Waals surface area contributed by atoms with Crippen LogP contribution in [0, 0.1) is 0 Å². The van der Waals surface area contributed by atoms with Crippen LogP contribution in [0.4, 0.5) is 0 Å². The number of fused-ring (bicyclic) bond motifs is 1. The van der Waals surface area contributed by atoms with Gasteiger partial charge in [-0.2, -0.15) is 0 Å². The molecule has 1 aliphatic rings. The molecular weight excluding hydrogens is 284 g/mol. The van der Waals surface area contributed by atoms with Crippen molar-refractivity contribution in [2.24, 2.45) is 0 Å². The van der Waals surface area contributed by atoms with E-state index in [4.69, 9.17) is 9.47 Å². The maximum Gasteiger partial charge on any atom is 0.231 e. The molecule has 0 unspecified atom stereocenters. The number of benzene rings is 1. The Labute approximate surface area is 130 Å². The molecule has 0 bridgehead atoms. The molecule has 2 amide bonds. The summed E-state index contributed by atoms with van der Waals surface area (Å²) in [5.74, 6) is 1.30. The van der Waals surface area contributed by atoms with Crippen LogP contribution >= 0.6 is 0 Å². The van der Waals surface area contributed by atoms with Crippen molar-refractivity contribution in [1.82, 2.24) is 10.2 Å². The minimum Gasteiger partial charge on any atom is -0.454 e. The van der Waals surface area contributed by atoms with Crippen LogP contribution in [-0.4, -0.2) is 36.1 Å². The van der Waals surface area contributed by atoms with Gasteiger partial charge in [0.2, 0.25) is 18.6 Å². The highest BCUT2D eigenvalue weighted by molar-refractivity contribution is 5.78. The van der Waals surface area contributed by atoms with Crippen LogP contribution < -0.4 is 14.8 Å². The first-order valence-electron chi connectivity index (χ1n) is 7.39. The minimum atomic E-state index is -0.0602. The Bertz CT molecular complexity index is 557. The zero-order valence-electron chi connectivity index (χ0n) is 13.2. The number of carbonyl (C=O) groups is 2. The SMILES string of the molecule is CC(=O)N(CCC(=O)NC(C)C)Cc1ccc2c(c1)OCO2. The summed E-state index contributed by atoms with van der Waals surface area (Å²) >= 11 is 0. The average molecular weight is 306 g/mol. The molecule has 0 fully saturated rings. The smallest absolute Gasteiger partial charge is 0.231 e. The number of nitrogens with zero attached hydrogens (tertiary/aromatic N) is 1. The quantitative estimate of drug-likeness (QED) is 0.868. The normalized spacial score (nSPS) is 12.4. The molecular formula is C16H22N2O4. The van der Waals surface area contributed by atoms with Crippen molar-refractivity contribution >= 4 is 11.8 Å². The van der Waals surface area contributed by atoms with Crippen molar-refractivity contribution < 1.29 is 19.1 Å². The second-order valence-electron chi connectivity index (χ2n) is 5.60. The molecule has 0 aromatic heterocycles. The van der Waals surface area contributed by atoms with E-state index in [1.807, 2.05) is 32.0 Å². The van der Waals surface area contributed by atoms with Gasteiger partial charge in [-0.3, -0.25) is 9.59 Å². The summed E-state index contributed by atoms with van der Waals surface area (Å²) in [6.07, 6.45) is 0.294. The number of rotatable bonds is 6. The van der Waals surface area contributed by atoms with E-state index in [-0.39, 0.29) is 24.6 Å². The first kappa shape index (κ1) is 16.1. The van der Waals surface area contributed by atoms with Crippen LogP contribution in [0.15, 0.2) is 18.2 Å². The maximum atomic E-state index is 11.8. The topological polar surface area (TPSA) is 67.9 Å².